The lowest BCUT2D eigenvalue weighted by Gasteiger charge is -2.30. The normalized spacial score (nSPS) is 21.8. The summed E-state index contributed by atoms with van der Waals surface area (Å²) in [5.41, 5.74) is 1.38. The lowest BCUT2D eigenvalue weighted by atomic mass is 9.91. The molecule has 1 aliphatic rings. The highest BCUT2D eigenvalue weighted by Crippen LogP contribution is 2.31. The van der Waals surface area contributed by atoms with Gasteiger partial charge >= 0.3 is 0 Å². The van der Waals surface area contributed by atoms with Gasteiger partial charge in [0.25, 0.3) is 0 Å². The van der Waals surface area contributed by atoms with Gasteiger partial charge in [0.05, 0.1) is 7.11 Å². The van der Waals surface area contributed by atoms with Gasteiger partial charge in [0.15, 0.2) is 0 Å². The molecule has 1 saturated heterocycles. The summed E-state index contributed by atoms with van der Waals surface area (Å²) in [6, 6.07) is 8.96. The first-order chi connectivity index (χ1) is 8.22. The molecule has 2 atom stereocenters. The molecule has 0 saturated carbocycles. The minimum atomic E-state index is 0.496. The Hall–Kier alpha value is -1.06. The van der Waals surface area contributed by atoms with Gasteiger partial charge in [-0.1, -0.05) is 12.1 Å². The van der Waals surface area contributed by atoms with E-state index in [0.29, 0.717) is 12.0 Å². The van der Waals surface area contributed by atoms with Crippen molar-refractivity contribution in [2.75, 3.05) is 34.3 Å². The fourth-order valence-corrected chi connectivity index (χ4v) is 2.74. The third-order valence-electron chi connectivity index (χ3n) is 3.56. The average Bonchev–Trinajstić information content (AvgIpc) is 2.83. The highest BCUT2D eigenvalue weighted by molar-refractivity contribution is 5.29. The molecule has 0 amide bonds. The summed E-state index contributed by atoms with van der Waals surface area (Å²) in [5, 5.41) is 3.45. The maximum Gasteiger partial charge on any atom is 0.118 e. The van der Waals surface area contributed by atoms with Crippen LogP contribution in [0.5, 0.6) is 5.75 Å². The van der Waals surface area contributed by atoms with E-state index in [4.69, 9.17) is 4.74 Å². The number of benzene rings is 1. The second-order valence-electron chi connectivity index (χ2n) is 4.93. The van der Waals surface area contributed by atoms with E-state index in [-0.39, 0.29) is 0 Å². The van der Waals surface area contributed by atoms with E-state index in [2.05, 4.69) is 36.4 Å². The molecule has 0 spiro atoms. The minimum Gasteiger partial charge on any atom is -0.497 e. The molecular formula is C14H22N2O. The minimum absolute atomic E-state index is 0.496. The zero-order valence-electron chi connectivity index (χ0n) is 10.9. The van der Waals surface area contributed by atoms with Crippen LogP contribution in [0.4, 0.5) is 0 Å². The van der Waals surface area contributed by atoms with Crippen LogP contribution in [-0.4, -0.2) is 39.2 Å². The summed E-state index contributed by atoms with van der Waals surface area (Å²) in [5.74, 6) is 1.63. The fourth-order valence-electron chi connectivity index (χ4n) is 2.74. The summed E-state index contributed by atoms with van der Waals surface area (Å²) in [4.78, 5) is 2.32. The molecule has 3 heteroatoms. The molecule has 1 heterocycles. The van der Waals surface area contributed by atoms with Crippen LogP contribution in [-0.2, 0) is 0 Å². The summed E-state index contributed by atoms with van der Waals surface area (Å²) in [7, 11) is 6.03. The number of hydrogen-bond donors (Lipinski definition) is 1. The quantitative estimate of drug-likeness (QED) is 0.861. The van der Waals surface area contributed by atoms with Crippen molar-refractivity contribution in [2.45, 2.75) is 12.5 Å². The van der Waals surface area contributed by atoms with Crippen molar-refractivity contribution in [2.24, 2.45) is 5.92 Å². The van der Waals surface area contributed by atoms with E-state index in [1.54, 1.807) is 7.11 Å². The first kappa shape index (κ1) is 12.4. The van der Waals surface area contributed by atoms with E-state index in [1.807, 2.05) is 12.1 Å². The summed E-state index contributed by atoms with van der Waals surface area (Å²) < 4.78 is 5.21. The number of nitrogens with zero attached hydrogens (tertiary/aromatic N) is 1. The van der Waals surface area contributed by atoms with Crippen molar-refractivity contribution in [1.29, 1.82) is 0 Å². The standard InChI is InChI=1S/C14H22N2O/c1-16(2)14(12-8-9-15-10-12)11-4-6-13(17-3)7-5-11/h4-7,12,14-15H,8-10H2,1-3H3. The van der Waals surface area contributed by atoms with Gasteiger partial charge in [0.1, 0.15) is 5.75 Å². The molecule has 1 aromatic carbocycles. The maximum atomic E-state index is 5.21. The Morgan fingerprint density at radius 2 is 2.00 bits per heavy atom. The molecule has 17 heavy (non-hydrogen) atoms. The molecule has 2 rings (SSSR count). The lowest BCUT2D eigenvalue weighted by molar-refractivity contribution is 0.223. The number of methoxy groups -OCH3 is 1. The monoisotopic (exact) mass is 234 g/mol. The molecule has 0 aromatic heterocycles. The van der Waals surface area contributed by atoms with Crippen molar-refractivity contribution < 1.29 is 4.74 Å². The molecule has 0 bridgehead atoms. The zero-order chi connectivity index (χ0) is 12.3. The largest absolute Gasteiger partial charge is 0.497 e. The first-order valence-electron chi connectivity index (χ1n) is 6.23. The van der Waals surface area contributed by atoms with E-state index in [9.17, 15) is 0 Å². The van der Waals surface area contributed by atoms with Crippen LogP contribution < -0.4 is 10.1 Å². The third kappa shape index (κ3) is 2.79. The fraction of sp³-hybridized carbons (Fsp3) is 0.571. The number of ether oxygens (including phenoxy) is 1. The highest BCUT2D eigenvalue weighted by atomic mass is 16.5. The maximum absolute atomic E-state index is 5.21. The lowest BCUT2D eigenvalue weighted by Crippen LogP contribution is -2.28. The molecule has 0 radical (unpaired) electrons. The van der Waals surface area contributed by atoms with Crippen LogP contribution in [0.15, 0.2) is 24.3 Å². The van der Waals surface area contributed by atoms with Gasteiger partial charge in [-0.25, -0.2) is 0 Å². The predicted molar refractivity (Wildman–Crippen MR) is 70.4 cm³/mol. The summed E-state index contributed by atoms with van der Waals surface area (Å²) >= 11 is 0. The third-order valence-corrected chi connectivity index (χ3v) is 3.56. The van der Waals surface area contributed by atoms with Gasteiger partial charge < -0.3 is 15.0 Å². The zero-order valence-corrected chi connectivity index (χ0v) is 10.9. The summed E-state index contributed by atoms with van der Waals surface area (Å²) in [6.07, 6.45) is 1.26. The Balaban J connectivity index is 2.19. The Bertz CT molecular complexity index is 342. The molecule has 1 N–H and O–H groups in total. The predicted octanol–water partition coefficient (Wildman–Crippen LogP) is 1.91. The summed E-state index contributed by atoms with van der Waals surface area (Å²) in [6.45, 7) is 2.26. The van der Waals surface area contributed by atoms with Crippen LogP contribution >= 0.6 is 0 Å². The van der Waals surface area contributed by atoms with Crippen molar-refractivity contribution in [3.63, 3.8) is 0 Å². The van der Waals surface area contributed by atoms with Crippen LogP contribution in [0.25, 0.3) is 0 Å². The van der Waals surface area contributed by atoms with Gasteiger partial charge in [-0.15, -0.1) is 0 Å². The smallest absolute Gasteiger partial charge is 0.118 e. The molecule has 94 valence electrons. The van der Waals surface area contributed by atoms with E-state index < -0.39 is 0 Å². The SMILES string of the molecule is COc1ccc(C(C2CCNC2)N(C)C)cc1. The van der Waals surface area contributed by atoms with E-state index >= 15 is 0 Å². The molecule has 1 fully saturated rings. The number of hydrogen-bond acceptors (Lipinski definition) is 3. The topological polar surface area (TPSA) is 24.5 Å². The van der Waals surface area contributed by atoms with Crippen molar-refractivity contribution in [3.05, 3.63) is 29.8 Å². The Morgan fingerprint density at radius 3 is 2.47 bits per heavy atom. The molecule has 0 aliphatic carbocycles. The molecule has 1 aromatic rings. The Labute approximate surface area is 104 Å². The van der Waals surface area contributed by atoms with Crippen molar-refractivity contribution in [3.8, 4) is 5.75 Å². The van der Waals surface area contributed by atoms with E-state index in [0.717, 1.165) is 18.8 Å². The Kier molecular flexibility index (Phi) is 4.02. The van der Waals surface area contributed by atoms with Gasteiger partial charge in [-0.3, -0.25) is 0 Å². The molecule has 3 nitrogen and oxygen atoms in total. The van der Waals surface area contributed by atoms with Crippen molar-refractivity contribution >= 4 is 0 Å². The number of nitrogens with one attached hydrogen (secondary N) is 1. The second kappa shape index (κ2) is 5.52. The van der Waals surface area contributed by atoms with Crippen LogP contribution in [0.3, 0.4) is 0 Å². The molecule has 1 aliphatic heterocycles. The molecular weight excluding hydrogens is 212 g/mol. The van der Waals surface area contributed by atoms with Gasteiger partial charge in [0, 0.05) is 6.04 Å². The van der Waals surface area contributed by atoms with Gasteiger partial charge in [0.2, 0.25) is 0 Å². The van der Waals surface area contributed by atoms with E-state index in [1.165, 1.54) is 12.0 Å². The average molecular weight is 234 g/mol. The number of rotatable bonds is 4. The van der Waals surface area contributed by atoms with Crippen LogP contribution in [0.2, 0.25) is 0 Å². The van der Waals surface area contributed by atoms with Crippen molar-refractivity contribution in [1.82, 2.24) is 10.2 Å². The van der Waals surface area contributed by atoms with Crippen LogP contribution in [0.1, 0.15) is 18.0 Å². The second-order valence-corrected chi connectivity index (χ2v) is 4.93. The van der Waals surface area contributed by atoms with Gasteiger partial charge in [-0.05, 0) is 57.2 Å². The van der Waals surface area contributed by atoms with Gasteiger partial charge in [-0.2, -0.15) is 0 Å². The first-order valence-corrected chi connectivity index (χ1v) is 6.23. The molecule has 2 unspecified atom stereocenters. The Morgan fingerprint density at radius 1 is 1.29 bits per heavy atom. The van der Waals surface area contributed by atoms with Crippen LogP contribution in [0, 0.1) is 5.92 Å². The highest BCUT2D eigenvalue weighted by Gasteiger charge is 2.27.